The van der Waals surface area contributed by atoms with Crippen LogP contribution < -0.4 is 5.73 Å². The Bertz CT molecular complexity index is 586. The number of nitrogen functional groups attached to an aromatic ring is 1. The molecule has 20 heavy (non-hydrogen) atoms. The van der Waals surface area contributed by atoms with Gasteiger partial charge < -0.3 is 5.73 Å². The van der Waals surface area contributed by atoms with Crippen LogP contribution in [0.3, 0.4) is 0 Å². The van der Waals surface area contributed by atoms with Gasteiger partial charge >= 0.3 is 0 Å². The van der Waals surface area contributed by atoms with E-state index in [1.54, 1.807) is 0 Å². The Morgan fingerprint density at radius 2 is 1.75 bits per heavy atom. The van der Waals surface area contributed by atoms with Crippen molar-refractivity contribution in [2.24, 2.45) is 0 Å². The minimum absolute atomic E-state index is 0.330. The third-order valence-corrected chi connectivity index (χ3v) is 4.01. The highest BCUT2D eigenvalue weighted by Gasteiger charge is 2.21. The van der Waals surface area contributed by atoms with E-state index in [1.807, 2.05) is 0 Å². The number of aromatic nitrogens is 3. The third kappa shape index (κ3) is 2.64. The molecule has 1 aromatic heterocycles. The fraction of sp³-hybridized carbons (Fsp3) is 0.438. The lowest BCUT2D eigenvalue weighted by atomic mass is 10.1. The number of nitrogens with two attached hydrogens (primary N) is 1. The van der Waals surface area contributed by atoms with Gasteiger partial charge in [-0.2, -0.15) is 9.97 Å². The van der Waals surface area contributed by atoms with Crippen LogP contribution in [0.1, 0.15) is 49.9 Å². The fourth-order valence-corrected chi connectivity index (χ4v) is 2.79. The summed E-state index contributed by atoms with van der Waals surface area (Å²) in [5.74, 6) is 2.34. The Labute approximate surface area is 119 Å². The zero-order valence-electron chi connectivity index (χ0n) is 11.8. The van der Waals surface area contributed by atoms with Crippen LogP contribution in [0.2, 0.25) is 0 Å². The van der Waals surface area contributed by atoms with Gasteiger partial charge in [0.25, 0.3) is 0 Å². The summed E-state index contributed by atoms with van der Waals surface area (Å²) in [4.78, 5) is 13.3. The average molecular weight is 268 g/mol. The Morgan fingerprint density at radius 1 is 1.05 bits per heavy atom. The predicted octanol–water partition coefficient (Wildman–Crippen LogP) is 3.34. The summed E-state index contributed by atoms with van der Waals surface area (Å²) < 4.78 is 0. The Kier molecular flexibility index (Phi) is 3.63. The van der Waals surface area contributed by atoms with Crippen LogP contribution in [-0.2, 0) is 6.42 Å². The molecule has 0 saturated heterocycles. The van der Waals surface area contributed by atoms with Crippen LogP contribution in [0.5, 0.6) is 0 Å². The Hall–Kier alpha value is -1.97. The molecule has 2 aromatic rings. The van der Waals surface area contributed by atoms with Gasteiger partial charge in [-0.1, -0.05) is 44.0 Å². The van der Waals surface area contributed by atoms with E-state index in [9.17, 15) is 0 Å². The van der Waals surface area contributed by atoms with Crippen LogP contribution in [-0.4, -0.2) is 15.0 Å². The summed E-state index contributed by atoms with van der Waals surface area (Å²) in [5, 5.41) is 0. The van der Waals surface area contributed by atoms with Crippen molar-refractivity contribution in [3.05, 3.63) is 35.7 Å². The summed E-state index contributed by atoms with van der Waals surface area (Å²) >= 11 is 0. The highest BCUT2D eigenvalue weighted by atomic mass is 15.1. The number of anilines is 1. The van der Waals surface area contributed by atoms with Gasteiger partial charge in [0, 0.05) is 11.5 Å². The summed E-state index contributed by atoms with van der Waals surface area (Å²) in [5.41, 5.74) is 8.18. The molecule has 4 heteroatoms. The maximum Gasteiger partial charge on any atom is 0.223 e. The molecule has 1 fully saturated rings. The van der Waals surface area contributed by atoms with Crippen molar-refractivity contribution in [1.82, 2.24) is 15.0 Å². The first kappa shape index (κ1) is 13.0. The van der Waals surface area contributed by atoms with Gasteiger partial charge in [-0.05, 0) is 24.8 Å². The summed E-state index contributed by atoms with van der Waals surface area (Å²) in [6, 6.07) is 8.35. The molecule has 1 heterocycles. The summed E-state index contributed by atoms with van der Waals surface area (Å²) in [7, 11) is 0. The molecule has 4 nitrogen and oxygen atoms in total. The number of benzene rings is 1. The van der Waals surface area contributed by atoms with Crippen LogP contribution >= 0.6 is 0 Å². The van der Waals surface area contributed by atoms with Crippen molar-refractivity contribution in [2.45, 2.75) is 44.9 Å². The summed E-state index contributed by atoms with van der Waals surface area (Å²) in [6.45, 7) is 2.15. The van der Waals surface area contributed by atoms with E-state index in [2.05, 4.69) is 46.1 Å². The lowest BCUT2D eigenvalue weighted by molar-refractivity contribution is 0.665. The smallest absolute Gasteiger partial charge is 0.223 e. The maximum atomic E-state index is 5.86. The standard InChI is InChI=1S/C16H20N4/c1-2-11-7-9-13(10-8-11)15-18-14(19-16(17)20-15)12-5-3-4-6-12/h7-10,12H,2-6H2,1H3,(H2,17,18,19,20). The monoisotopic (exact) mass is 268 g/mol. The molecule has 1 aromatic carbocycles. The second-order valence-electron chi connectivity index (χ2n) is 5.41. The van der Waals surface area contributed by atoms with Gasteiger partial charge in [-0.25, -0.2) is 4.98 Å². The van der Waals surface area contributed by atoms with Gasteiger partial charge in [0.05, 0.1) is 0 Å². The first-order chi connectivity index (χ1) is 9.76. The molecule has 3 rings (SSSR count). The maximum absolute atomic E-state index is 5.86. The van der Waals surface area contributed by atoms with Gasteiger partial charge in [0.1, 0.15) is 5.82 Å². The number of hydrogen-bond donors (Lipinski definition) is 1. The number of aryl methyl sites for hydroxylation is 1. The largest absolute Gasteiger partial charge is 0.368 e. The lowest BCUT2D eigenvalue weighted by Gasteiger charge is -2.10. The number of nitrogens with zero attached hydrogens (tertiary/aromatic N) is 3. The molecule has 1 aliphatic carbocycles. The first-order valence-corrected chi connectivity index (χ1v) is 7.37. The van der Waals surface area contributed by atoms with Crippen LogP contribution in [0.4, 0.5) is 5.95 Å². The molecule has 2 N–H and O–H groups in total. The number of hydrogen-bond acceptors (Lipinski definition) is 4. The van der Waals surface area contributed by atoms with Gasteiger partial charge in [-0.15, -0.1) is 0 Å². The normalized spacial score (nSPS) is 15.7. The molecule has 0 unspecified atom stereocenters. The van der Waals surface area contributed by atoms with Crippen molar-refractivity contribution in [2.75, 3.05) is 5.73 Å². The average Bonchev–Trinajstić information content (AvgIpc) is 3.01. The molecule has 0 aliphatic heterocycles. The lowest BCUT2D eigenvalue weighted by Crippen LogP contribution is -2.07. The zero-order chi connectivity index (χ0) is 13.9. The van der Waals surface area contributed by atoms with E-state index in [0.717, 1.165) is 30.7 Å². The molecular weight excluding hydrogens is 248 g/mol. The molecule has 1 aliphatic rings. The Balaban J connectivity index is 1.95. The number of rotatable bonds is 3. The molecule has 0 atom stereocenters. The Morgan fingerprint density at radius 3 is 2.40 bits per heavy atom. The molecule has 0 amide bonds. The fourth-order valence-electron chi connectivity index (χ4n) is 2.79. The van der Waals surface area contributed by atoms with E-state index in [1.165, 1.54) is 18.4 Å². The van der Waals surface area contributed by atoms with Crippen molar-refractivity contribution in [3.63, 3.8) is 0 Å². The zero-order valence-corrected chi connectivity index (χ0v) is 11.8. The van der Waals surface area contributed by atoms with Crippen LogP contribution in [0.25, 0.3) is 11.4 Å². The van der Waals surface area contributed by atoms with Crippen molar-refractivity contribution in [1.29, 1.82) is 0 Å². The van der Waals surface area contributed by atoms with E-state index in [0.29, 0.717) is 17.7 Å². The van der Waals surface area contributed by atoms with E-state index >= 15 is 0 Å². The van der Waals surface area contributed by atoms with Crippen molar-refractivity contribution < 1.29 is 0 Å². The second kappa shape index (κ2) is 5.57. The van der Waals surface area contributed by atoms with Crippen LogP contribution in [0, 0.1) is 0 Å². The highest BCUT2D eigenvalue weighted by molar-refractivity contribution is 5.56. The molecule has 0 radical (unpaired) electrons. The van der Waals surface area contributed by atoms with E-state index in [4.69, 9.17) is 5.73 Å². The molecule has 0 bridgehead atoms. The molecule has 104 valence electrons. The van der Waals surface area contributed by atoms with Gasteiger partial charge in [-0.3, -0.25) is 0 Å². The predicted molar refractivity (Wildman–Crippen MR) is 80.3 cm³/mol. The topological polar surface area (TPSA) is 64.7 Å². The van der Waals surface area contributed by atoms with Crippen LogP contribution in [0.15, 0.2) is 24.3 Å². The molecule has 0 spiro atoms. The third-order valence-electron chi connectivity index (χ3n) is 4.01. The van der Waals surface area contributed by atoms with Crippen molar-refractivity contribution >= 4 is 5.95 Å². The van der Waals surface area contributed by atoms with E-state index in [-0.39, 0.29) is 0 Å². The van der Waals surface area contributed by atoms with Gasteiger partial charge in [0.15, 0.2) is 5.82 Å². The molecule has 1 saturated carbocycles. The minimum atomic E-state index is 0.330. The molecular formula is C16H20N4. The SMILES string of the molecule is CCc1ccc(-c2nc(N)nc(C3CCCC3)n2)cc1. The van der Waals surface area contributed by atoms with Crippen molar-refractivity contribution in [3.8, 4) is 11.4 Å². The first-order valence-electron chi connectivity index (χ1n) is 7.37. The minimum Gasteiger partial charge on any atom is -0.368 e. The van der Waals surface area contributed by atoms with E-state index < -0.39 is 0 Å². The highest BCUT2D eigenvalue weighted by Crippen LogP contribution is 2.32. The quantitative estimate of drug-likeness (QED) is 0.927. The summed E-state index contributed by atoms with van der Waals surface area (Å²) in [6.07, 6.45) is 5.88. The van der Waals surface area contributed by atoms with Gasteiger partial charge in [0.2, 0.25) is 5.95 Å². The second-order valence-corrected chi connectivity index (χ2v) is 5.41.